The first-order chi connectivity index (χ1) is 12.8. The second-order valence-electron chi connectivity index (χ2n) is 5.97. The Morgan fingerprint density at radius 3 is 2.77 bits per heavy atom. The van der Waals surface area contributed by atoms with Gasteiger partial charge in [-0.15, -0.1) is 0 Å². The molecule has 130 valence electrons. The average Bonchev–Trinajstić information content (AvgIpc) is 3.18. The number of rotatable bonds is 6. The van der Waals surface area contributed by atoms with Crippen molar-refractivity contribution in [3.8, 4) is 22.6 Å². The van der Waals surface area contributed by atoms with E-state index in [1.54, 1.807) is 6.20 Å². The van der Waals surface area contributed by atoms with Crippen molar-refractivity contribution in [3.63, 3.8) is 0 Å². The lowest BCUT2D eigenvalue weighted by molar-refractivity contribution is 0.233. The summed E-state index contributed by atoms with van der Waals surface area (Å²) in [6.07, 6.45) is 6.31. The van der Waals surface area contributed by atoms with Crippen LogP contribution in [0.15, 0.2) is 73.2 Å². The van der Waals surface area contributed by atoms with Gasteiger partial charge in [0, 0.05) is 42.4 Å². The number of aromatic nitrogens is 3. The summed E-state index contributed by atoms with van der Waals surface area (Å²) in [5.41, 5.74) is 4.02. The first kappa shape index (κ1) is 16.3. The van der Waals surface area contributed by atoms with Crippen LogP contribution in [0.2, 0.25) is 0 Å². The zero-order valence-electron chi connectivity index (χ0n) is 14.2. The first-order valence-corrected chi connectivity index (χ1v) is 8.58. The molecule has 0 fully saturated rings. The molecule has 0 aliphatic carbocycles. The minimum atomic E-state index is 0.126. The molecule has 4 aromatic rings. The monoisotopic (exact) mass is 345 g/mol. The van der Waals surface area contributed by atoms with Crippen LogP contribution >= 0.6 is 0 Å². The summed E-state index contributed by atoms with van der Waals surface area (Å²) in [5.74, 6) is 0.760. The third-order valence-electron chi connectivity index (χ3n) is 4.20. The zero-order valence-corrected chi connectivity index (χ0v) is 14.2. The Morgan fingerprint density at radius 2 is 1.92 bits per heavy atom. The minimum absolute atomic E-state index is 0.126. The Hall–Kier alpha value is -3.18. The Bertz CT molecular complexity index is 1010. The highest BCUT2D eigenvalue weighted by Gasteiger charge is 2.09. The minimum Gasteiger partial charge on any atom is -0.493 e. The number of hydrogen-bond acceptors (Lipinski definition) is 4. The molecule has 2 aromatic heterocycles. The van der Waals surface area contributed by atoms with Crippen LogP contribution in [0.3, 0.4) is 0 Å². The van der Waals surface area contributed by atoms with Crippen LogP contribution in [0.5, 0.6) is 5.75 Å². The molecule has 0 radical (unpaired) electrons. The summed E-state index contributed by atoms with van der Waals surface area (Å²) in [4.78, 5) is 4.46. The third kappa shape index (κ3) is 3.30. The molecule has 0 spiro atoms. The van der Waals surface area contributed by atoms with Crippen molar-refractivity contribution in [2.45, 2.75) is 6.42 Å². The molecule has 26 heavy (non-hydrogen) atoms. The summed E-state index contributed by atoms with van der Waals surface area (Å²) in [5, 5.41) is 14.4. The Morgan fingerprint density at radius 1 is 1.04 bits per heavy atom. The quantitative estimate of drug-likeness (QED) is 0.539. The molecule has 0 saturated heterocycles. The van der Waals surface area contributed by atoms with E-state index in [2.05, 4.69) is 10.1 Å². The molecule has 4 rings (SSSR count). The van der Waals surface area contributed by atoms with Crippen molar-refractivity contribution in [2.24, 2.45) is 0 Å². The van der Waals surface area contributed by atoms with Gasteiger partial charge >= 0.3 is 0 Å². The fourth-order valence-corrected chi connectivity index (χ4v) is 2.91. The van der Waals surface area contributed by atoms with E-state index in [0.29, 0.717) is 13.0 Å². The van der Waals surface area contributed by atoms with Crippen molar-refractivity contribution in [1.29, 1.82) is 0 Å². The molecular weight excluding hydrogens is 326 g/mol. The van der Waals surface area contributed by atoms with Crippen LogP contribution in [0.4, 0.5) is 0 Å². The van der Waals surface area contributed by atoms with Crippen molar-refractivity contribution >= 4 is 10.9 Å². The van der Waals surface area contributed by atoms with Gasteiger partial charge in [0.15, 0.2) is 0 Å². The molecular formula is C21H19N3O2. The van der Waals surface area contributed by atoms with Gasteiger partial charge in [0.1, 0.15) is 5.75 Å². The standard InChI is InChI=1S/C21H19N3O2/c25-11-4-12-26-18-7-8-20-19(9-10-22-21(20)13-18)16-14-23-24(15-16)17-5-2-1-3-6-17/h1-3,5-10,13-15,25H,4,11-12H2. The van der Waals surface area contributed by atoms with Gasteiger partial charge in [-0.2, -0.15) is 5.10 Å². The zero-order chi connectivity index (χ0) is 17.8. The topological polar surface area (TPSA) is 60.2 Å². The molecule has 5 heteroatoms. The van der Waals surface area contributed by atoms with E-state index in [0.717, 1.165) is 33.5 Å². The Balaban J connectivity index is 1.67. The molecule has 2 aromatic carbocycles. The summed E-state index contributed by atoms with van der Waals surface area (Å²) in [6.45, 7) is 0.618. The molecule has 1 N–H and O–H groups in total. The Kier molecular flexibility index (Phi) is 4.62. The lowest BCUT2D eigenvalue weighted by Crippen LogP contribution is -1.99. The van der Waals surface area contributed by atoms with Crippen LogP contribution in [0.25, 0.3) is 27.7 Å². The number of fused-ring (bicyclic) bond motifs is 1. The first-order valence-electron chi connectivity index (χ1n) is 8.58. The van der Waals surface area contributed by atoms with Crippen LogP contribution in [-0.4, -0.2) is 33.1 Å². The van der Waals surface area contributed by atoms with Crippen molar-refractivity contribution in [3.05, 3.63) is 73.2 Å². The van der Waals surface area contributed by atoms with E-state index in [1.807, 2.05) is 71.7 Å². The second kappa shape index (κ2) is 7.37. The lowest BCUT2D eigenvalue weighted by Gasteiger charge is -2.08. The number of benzene rings is 2. The van der Waals surface area contributed by atoms with Crippen molar-refractivity contribution in [1.82, 2.24) is 14.8 Å². The summed E-state index contributed by atoms with van der Waals surface area (Å²) >= 11 is 0. The van der Waals surface area contributed by atoms with Gasteiger partial charge in [-0.3, -0.25) is 4.98 Å². The largest absolute Gasteiger partial charge is 0.493 e. The van der Waals surface area contributed by atoms with E-state index in [-0.39, 0.29) is 6.61 Å². The summed E-state index contributed by atoms with van der Waals surface area (Å²) in [7, 11) is 0. The van der Waals surface area contributed by atoms with Crippen LogP contribution in [0.1, 0.15) is 6.42 Å². The summed E-state index contributed by atoms with van der Waals surface area (Å²) < 4.78 is 7.51. The number of ether oxygens (including phenoxy) is 1. The van der Waals surface area contributed by atoms with Gasteiger partial charge in [-0.25, -0.2) is 4.68 Å². The molecule has 0 aliphatic rings. The number of para-hydroxylation sites is 1. The van der Waals surface area contributed by atoms with Crippen LogP contribution in [0, 0.1) is 0 Å². The van der Waals surface area contributed by atoms with Gasteiger partial charge < -0.3 is 9.84 Å². The van der Waals surface area contributed by atoms with Crippen LogP contribution in [-0.2, 0) is 0 Å². The predicted octanol–water partition coefficient (Wildman–Crippen LogP) is 3.85. The number of aliphatic hydroxyl groups is 1. The van der Waals surface area contributed by atoms with E-state index in [9.17, 15) is 0 Å². The highest BCUT2D eigenvalue weighted by Crippen LogP contribution is 2.30. The van der Waals surface area contributed by atoms with E-state index >= 15 is 0 Å². The fourth-order valence-electron chi connectivity index (χ4n) is 2.91. The van der Waals surface area contributed by atoms with E-state index in [1.165, 1.54) is 0 Å². The van der Waals surface area contributed by atoms with Gasteiger partial charge in [-0.1, -0.05) is 18.2 Å². The van der Waals surface area contributed by atoms with Gasteiger partial charge in [0.05, 0.1) is 24.0 Å². The smallest absolute Gasteiger partial charge is 0.121 e. The molecule has 0 aliphatic heterocycles. The van der Waals surface area contributed by atoms with Gasteiger partial charge in [0.2, 0.25) is 0 Å². The van der Waals surface area contributed by atoms with Crippen molar-refractivity contribution < 1.29 is 9.84 Å². The van der Waals surface area contributed by atoms with Crippen LogP contribution < -0.4 is 4.74 Å². The molecule has 5 nitrogen and oxygen atoms in total. The van der Waals surface area contributed by atoms with E-state index < -0.39 is 0 Å². The highest BCUT2D eigenvalue weighted by molar-refractivity contribution is 5.94. The van der Waals surface area contributed by atoms with Crippen molar-refractivity contribution in [2.75, 3.05) is 13.2 Å². The van der Waals surface area contributed by atoms with Gasteiger partial charge in [0.25, 0.3) is 0 Å². The SMILES string of the molecule is OCCCOc1ccc2c(-c3cnn(-c4ccccc4)c3)ccnc2c1. The highest BCUT2D eigenvalue weighted by atomic mass is 16.5. The molecule has 0 amide bonds. The number of hydrogen-bond donors (Lipinski definition) is 1. The maximum Gasteiger partial charge on any atom is 0.121 e. The van der Waals surface area contributed by atoms with Gasteiger partial charge in [-0.05, 0) is 35.9 Å². The summed E-state index contributed by atoms with van der Waals surface area (Å²) in [6, 6.07) is 17.9. The number of nitrogens with zero attached hydrogens (tertiary/aromatic N) is 3. The third-order valence-corrected chi connectivity index (χ3v) is 4.20. The molecule has 2 heterocycles. The molecule has 0 unspecified atom stereocenters. The lowest BCUT2D eigenvalue weighted by atomic mass is 10.0. The second-order valence-corrected chi connectivity index (χ2v) is 5.97. The molecule has 0 bridgehead atoms. The number of aliphatic hydroxyl groups excluding tert-OH is 1. The molecule has 0 atom stereocenters. The van der Waals surface area contributed by atoms with E-state index in [4.69, 9.17) is 9.84 Å². The maximum absolute atomic E-state index is 8.86. The Labute approximate surface area is 151 Å². The maximum atomic E-state index is 8.86. The fraction of sp³-hybridized carbons (Fsp3) is 0.143. The average molecular weight is 345 g/mol. The molecule has 0 saturated carbocycles. The normalized spacial score (nSPS) is 11.0. The predicted molar refractivity (Wildman–Crippen MR) is 101 cm³/mol. The number of pyridine rings is 1.